The van der Waals surface area contributed by atoms with Crippen LogP contribution in [0.4, 0.5) is 5.69 Å². The van der Waals surface area contributed by atoms with E-state index in [1.54, 1.807) is 7.11 Å². The summed E-state index contributed by atoms with van der Waals surface area (Å²) in [6.07, 6.45) is 0. The van der Waals surface area contributed by atoms with E-state index >= 15 is 0 Å². The number of benzene rings is 2. The van der Waals surface area contributed by atoms with E-state index in [1.165, 1.54) is 18.4 Å². The largest absolute Gasteiger partial charge is 0.497 e. The van der Waals surface area contributed by atoms with Gasteiger partial charge in [0.25, 0.3) is 0 Å². The summed E-state index contributed by atoms with van der Waals surface area (Å²) in [6.45, 7) is 2.03. The molecule has 0 aliphatic heterocycles. The normalized spacial score (nSPS) is 11.7. The third-order valence-electron chi connectivity index (χ3n) is 4.22. The number of carbonyl (C=O) groups excluding carboxylic acids is 1. The number of halogens is 1. The lowest BCUT2D eigenvalue weighted by atomic mass is 10.1. The molecular weight excluding hydrogens is 416 g/mol. The van der Waals surface area contributed by atoms with Crippen LogP contribution in [0.2, 0.25) is 5.02 Å². The second kappa shape index (κ2) is 8.77. The topological polar surface area (TPSA) is 59.6 Å². The zero-order valence-corrected chi connectivity index (χ0v) is 17.9. The zero-order valence-electron chi connectivity index (χ0n) is 15.5. The Morgan fingerprint density at radius 1 is 1.18 bits per heavy atom. The summed E-state index contributed by atoms with van der Waals surface area (Å²) < 4.78 is 10.8. The maximum absolute atomic E-state index is 11.8. The number of nitrogens with one attached hydrogen (secondary N) is 2. The molecule has 0 radical (unpaired) electrons. The Labute approximate surface area is 177 Å². The van der Waals surface area contributed by atoms with Gasteiger partial charge in [-0.1, -0.05) is 23.7 Å². The first-order valence-electron chi connectivity index (χ1n) is 8.44. The molecule has 0 aliphatic carbocycles. The van der Waals surface area contributed by atoms with Crippen molar-refractivity contribution in [3.8, 4) is 5.75 Å². The van der Waals surface area contributed by atoms with Gasteiger partial charge in [0.1, 0.15) is 10.6 Å². The summed E-state index contributed by atoms with van der Waals surface area (Å²) in [5.41, 5.74) is 1.90. The molecule has 1 unspecified atom stereocenters. The van der Waals surface area contributed by atoms with Gasteiger partial charge in [-0.15, -0.1) is 11.3 Å². The molecule has 146 valence electrons. The summed E-state index contributed by atoms with van der Waals surface area (Å²) in [7, 11) is 2.98. The zero-order chi connectivity index (χ0) is 20.3. The van der Waals surface area contributed by atoms with Crippen molar-refractivity contribution in [3.63, 3.8) is 0 Å². The van der Waals surface area contributed by atoms with Crippen molar-refractivity contribution in [2.75, 3.05) is 19.5 Å². The lowest BCUT2D eigenvalue weighted by molar-refractivity contribution is 0.0606. The van der Waals surface area contributed by atoms with Crippen molar-refractivity contribution in [1.82, 2.24) is 5.32 Å². The monoisotopic (exact) mass is 434 g/mol. The number of ether oxygens (including phenoxy) is 2. The molecule has 3 rings (SSSR count). The number of anilines is 1. The first-order chi connectivity index (χ1) is 13.4. The molecule has 0 saturated carbocycles. The van der Waals surface area contributed by atoms with Gasteiger partial charge in [-0.3, -0.25) is 0 Å². The highest BCUT2D eigenvalue weighted by Crippen LogP contribution is 2.37. The molecule has 0 bridgehead atoms. The van der Waals surface area contributed by atoms with Crippen LogP contribution in [0.5, 0.6) is 5.75 Å². The molecular formula is C20H19ClN2O3S2. The number of methoxy groups -OCH3 is 2. The third-order valence-corrected chi connectivity index (χ3v) is 6.08. The molecule has 0 saturated heterocycles. The molecule has 1 heterocycles. The van der Waals surface area contributed by atoms with Gasteiger partial charge in [-0.2, -0.15) is 0 Å². The van der Waals surface area contributed by atoms with Crippen molar-refractivity contribution in [1.29, 1.82) is 0 Å². The highest BCUT2D eigenvalue weighted by atomic mass is 35.5. The minimum absolute atomic E-state index is 0.0248. The van der Waals surface area contributed by atoms with Crippen LogP contribution in [0.25, 0.3) is 10.1 Å². The Hall–Kier alpha value is -2.35. The van der Waals surface area contributed by atoms with Crippen LogP contribution in [0.1, 0.15) is 28.2 Å². The van der Waals surface area contributed by atoms with Crippen LogP contribution in [-0.4, -0.2) is 25.3 Å². The molecule has 2 N–H and O–H groups in total. The number of fused-ring (bicyclic) bond motifs is 1. The van der Waals surface area contributed by atoms with Gasteiger partial charge < -0.3 is 20.1 Å². The Kier molecular flexibility index (Phi) is 6.39. The van der Waals surface area contributed by atoms with Crippen molar-refractivity contribution in [2.24, 2.45) is 0 Å². The minimum atomic E-state index is -0.439. The fourth-order valence-electron chi connectivity index (χ4n) is 2.71. The Bertz CT molecular complexity index is 1020. The first kappa shape index (κ1) is 20.4. The predicted molar refractivity (Wildman–Crippen MR) is 119 cm³/mol. The van der Waals surface area contributed by atoms with Crippen LogP contribution < -0.4 is 15.4 Å². The van der Waals surface area contributed by atoms with Gasteiger partial charge in [0.05, 0.1) is 25.3 Å². The molecule has 1 atom stereocenters. The summed E-state index contributed by atoms with van der Waals surface area (Å²) in [5, 5.41) is 8.15. The molecule has 0 aliphatic rings. The standard InChI is InChI=1S/C20H19ClN2O3S2/c1-11(12-4-7-14(25-2)8-5-12)22-20(27)23-13-6-9-15-16(10-13)28-18(17(15)21)19(24)26-3/h4-11H,1-3H3,(H2,22,23,27). The first-order valence-corrected chi connectivity index (χ1v) is 10.0. The summed E-state index contributed by atoms with van der Waals surface area (Å²) in [6, 6.07) is 13.5. The molecule has 5 nitrogen and oxygen atoms in total. The predicted octanol–water partition coefficient (Wildman–Crippen LogP) is 5.40. The van der Waals surface area contributed by atoms with Crippen LogP contribution in [0.15, 0.2) is 42.5 Å². The fourth-order valence-corrected chi connectivity index (χ4v) is 4.47. The maximum atomic E-state index is 11.8. The molecule has 3 aromatic rings. The van der Waals surface area contributed by atoms with E-state index in [1.807, 2.05) is 49.4 Å². The SMILES string of the molecule is COC(=O)c1sc2cc(NC(=S)NC(C)c3ccc(OC)cc3)ccc2c1Cl. The van der Waals surface area contributed by atoms with E-state index in [9.17, 15) is 4.79 Å². The molecule has 1 aromatic heterocycles. The van der Waals surface area contributed by atoms with E-state index in [0.29, 0.717) is 15.0 Å². The lowest BCUT2D eigenvalue weighted by Crippen LogP contribution is -2.30. The Morgan fingerprint density at radius 3 is 2.54 bits per heavy atom. The lowest BCUT2D eigenvalue weighted by Gasteiger charge is -2.17. The van der Waals surface area contributed by atoms with Gasteiger partial charge in [0.15, 0.2) is 5.11 Å². The van der Waals surface area contributed by atoms with Crippen molar-refractivity contribution in [3.05, 3.63) is 57.9 Å². The average molecular weight is 435 g/mol. The molecule has 28 heavy (non-hydrogen) atoms. The van der Waals surface area contributed by atoms with Gasteiger partial charge >= 0.3 is 5.97 Å². The highest BCUT2D eigenvalue weighted by Gasteiger charge is 2.18. The number of hydrogen-bond acceptors (Lipinski definition) is 5. The number of hydrogen-bond donors (Lipinski definition) is 2. The van der Waals surface area contributed by atoms with E-state index < -0.39 is 5.97 Å². The highest BCUT2D eigenvalue weighted by molar-refractivity contribution is 7.80. The Morgan fingerprint density at radius 2 is 1.89 bits per heavy atom. The average Bonchev–Trinajstić information content (AvgIpc) is 3.03. The van der Waals surface area contributed by atoms with Gasteiger partial charge in [-0.05, 0) is 55.0 Å². The second-order valence-corrected chi connectivity index (χ2v) is 7.88. The van der Waals surface area contributed by atoms with E-state index in [2.05, 4.69) is 10.6 Å². The second-order valence-electron chi connectivity index (χ2n) is 6.04. The van der Waals surface area contributed by atoms with Crippen LogP contribution in [0.3, 0.4) is 0 Å². The quantitative estimate of drug-likeness (QED) is 0.414. The summed E-state index contributed by atoms with van der Waals surface area (Å²) >= 11 is 13.0. The van der Waals surface area contributed by atoms with E-state index in [4.69, 9.17) is 33.3 Å². The summed E-state index contributed by atoms with van der Waals surface area (Å²) in [4.78, 5) is 12.2. The van der Waals surface area contributed by atoms with Crippen LogP contribution in [-0.2, 0) is 4.74 Å². The number of thiophene rings is 1. The number of carbonyl (C=O) groups is 1. The smallest absolute Gasteiger partial charge is 0.349 e. The molecule has 0 amide bonds. The number of thiocarbonyl (C=S) groups is 1. The van der Waals surface area contributed by atoms with Gasteiger partial charge in [0.2, 0.25) is 0 Å². The molecule has 2 aromatic carbocycles. The number of esters is 1. The van der Waals surface area contributed by atoms with Crippen LogP contribution >= 0.6 is 35.2 Å². The van der Waals surface area contributed by atoms with Crippen LogP contribution in [0, 0.1) is 0 Å². The molecule has 8 heteroatoms. The number of rotatable bonds is 5. The molecule has 0 fully saturated rings. The molecule has 0 spiro atoms. The van der Waals surface area contributed by atoms with Crippen molar-refractivity contribution >= 4 is 62.0 Å². The van der Waals surface area contributed by atoms with Gasteiger partial charge in [-0.25, -0.2) is 4.79 Å². The fraction of sp³-hybridized carbons (Fsp3) is 0.200. The minimum Gasteiger partial charge on any atom is -0.497 e. The third kappa shape index (κ3) is 4.38. The summed E-state index contributed by atoms with van der Waals surface area (Å²) in [5.74, 6) is 0.372. The Balaban J connectivity index is 1.70. The van der Waals surface area contributed by atoms with Gasteiger partial charge in [0, 0.05) is 15.8 Å². The maximum Gasteiger partial charge on any atom is 0.349 e. The van der Waals surface area contributed by atoms with E-state index in [-0.39, 0.29) is 6.04 Å². The van der Waals surface area contributed by atoms with Crippen molar-refractivity contribution in [2.45, 2.75) is 13.0 Å². The van der Waals surface area contributed by atoms with E-state index in [0.717, 1.165) is 27.1 Å². The van der Waals surface area contributed by atoms with Crippen molar-refractivity contribution < 1.29 is 14.3 Å².